The summed E-state index contributed by atoms with van der Waals surface area (Å²) in [7, 11) is 2.70. The van der Waals surface area contributed by atoms with Crippen molar-refractivity contribution >= 4 is 15.3 Å². The molecule has 1 atom stereocenters. The highest BCUT2D eigenvalue weighted by molar-refractivity contribution is 7.14. The summed E-state index contributed by atoms with van der Waals surface area (Å²) in [5, 5.41) is 0. The highest BCUT2D eigenvalue weighted by Crippen LogP contribution is 2.31. The van der Waals surface area contributed by atoms with E-state index in [1.54, 1.807) is 0 Å². The van der Waals surface area contributed by atoms with Crippen LogP contribution in [0.15, 0.2) is 0 Å². The average molecular weight is 241 g/mol. The van der Waals surface area contributed by atoms with Crippen LogP contribution in [0.3, 0.4) is 0 Å². The van der Waals surface area contributed by atoms with Gasteiger partial charge in [0, 0.05) is 12.0 Å². The Labute approximate surface area is 101 Å². The molecular formula is C13H24NOP. The van der Waals surface area contributed by atoms with Gasteiger partial charge in [-0.2, -0.15) is 0 Å². The zero-order valence-electron chi connectivity index (χ0n) is 10.2. The molecule has 2 rings (SSSR count). The largest absolute Gasteiger partial charge is 0.324 e. The molecule has 0 N–H and O–H groups in total. The van der Waals surface area contributed by atoms with Gasteiger partial charge in [-0.05, 0) is 35.1 Å². The highest BCUT2D eigenvalue weighted by atomic mass is 31.0. The van der Waals surface area contributed by atoms with Crippen LogP contribution >= 0.6 is 9.39 Å². The number of hydrogen-bond donors (Lipinski definition) is 0. The second-order valence-corrected chi connectivity index (χ2v) is 5.93. The van der Waals surface area contributed by atoms with Crippen molar-refractivity contribution < 1.29 is 4.79 Å². The van der Waals surface area contributed by atoms with Gasteiger partial charge < -0.3 is 4.67 Å². The summed E-state index contributed by atoms with van der Waals surface area (Å²) in [5.41, 5.74) is 0. The maximum absolute atomic E-state index is 12.3. The van der Waals surface area contributed by atoms with Crippen molar-refractivity contribution in [2.75, 3.05) is 0 Å². The predicted molar refractivity (Wildman–Crippen MR) is 70.0 cm³/mol. The van der Waals surface area contributed by atoms with Crippen molar-refractivity contribution in [1.29, 1.82) is 0 Å². The molecule has 0 aromatic carbocycles. The van der Waals surface area contributed by atoms with E-state index in [4.69, 9.17) is 0 Å². The molecule has 0 radical (unpaired) electrons. The molecule has 2 aliphatic rings. The first-order chi connectivity index (χ1) is 7.79. The Morgan fingerprint density at radius 3 is 1.94 bits per heavy atom. The van der Waals surface area contributed by atoms with E-state index in [1.807, 2.05) is 4.67 Å². The highest BCUT2D eigenvalue weighted by Gasteiger charge is 2.28. The van der Waals surface area contributed by atoms with Gasteiger partial charge in [-0.15, -0.1) is 0 Å². The normalized spacial score (nSPS) is 24.3. The van der Waals surface area contributed by atoms with E-state index in [0.29, 0.717) is 17.9 Å². The van der Waals surface area contributed by atoms with Gasteiger partial charge in [0.1, 0.15) is 0 Å². The number of carbonyl (C=O) groups is 1. The molecule has 16 heavy (non-hydrogen) atoms. The molecule has 2 saturated carbocycles. The summed E-state index contributed by atoms with van der Waals surface area (Å²) in [6, 6.07) is 0.508. The van der Waals surface area contributed by atoms with Crippen molar-refractivity contribution in [2.45, 2.75) is 70.3 Å². The zero-order valence-corrected chi connectivity index (χ0v) is 11.3. The van der Waals surface area contributed by atoms with Crippen LogP contribution in [0.2, 0.25) is 0 Å². The first kappa shape index (κ1) is 12.4. The van der Waals surface area contributed by atoms with Gasteiger partial charge in [-0.25, -0.2) is 0 Å². The lowest BCUT2D eigenvalue weighted by Crippen LogP contribution is -2.38. The van der Waals surface area contributed by atoms with Crippen LogP contribution in [-0.4, -0.2) is 16.6 Å². The topological polar surface area (TPSA) is 20.3 Å². The smallest absolute Gasteiger partial charge is 0.228 e. The van der Waals surface area contributed by atoms with Crippen LogP contribution < -0.4 is 0 Å². The summed E-state index contributed by atoms with van der Waals surface area (Å²) < 4.78 is 2.00. The monoisotopic (exact) mass is 241 g/mol. The van der Waals surface area contributed by atoms with Gasteiger partial charge >= 0.3 is 0 Å². The molecule has 1 unspecified atom stereocenters. The fourth-order valence-electron chi connectivity index (χ4n) is 3.10. The minimum Gasteiger partial charge on any atom is -0.324 e. The van der Waals surface area contributed by atoms with E-state index >= 15 is 0 Å². The summed E-state index contributed by atoms with van der Waals surface area (Å²) in [5.74, 6) is 0.727. The van der Waals surface area contributed by atoms with Gasteiger partial charge in [0.05, 0.1) is 0 Å². The van der Waals surface area contributed by atoms with E-state index in [2.05, 4.69) is 9.39 Å². The van der Waals surface area contributed by atoms with E-state index < -0.39 is 0 Å². The van der Waals surface area contributed by atoms with E-state index in [9.17, 15) is 4.79 Å². The summed E-state index contributed by atoms with van der Waals surface area (Å²) in [4.78, 5) is 12.3. The first-order valence-corrected chi connectivity index (χ1v) is 7.38. The van der Waals surface area contributed by atoms with Gasteiger partial charge in [0.2, 0.25) is 5.91 Å². The number of rotatable bonds is 2. The molecule has 0 spiro atoms. The van der Waals surface area contributed by atoms with Crippen molar-refractivity contribution in [3.8, 4) is 0 Å². The average Bonchev–Trinajstić information content (AvgIpc) is 2.39. The Morgan fingerprint density at radius 2 is 1.38 bits per heavy atom. The van der Waals surface area contributed by atoms with Gasteiger partial charge in [-0.3, -0.25) is 4.79 Å². The van der Waals surface area contributed by atoms with Crippen molar-refractivity contribution in [1.82, 2.24) is 4.67 Å². The second kappa shape index (κ2) is 6.00. The quantitative estimate of drug-likeness (QED) is 0.677. The molecular weight excluding hydrogens is 217 g/mol. The third kappa shape index (κ3) is 2.97. The second-order valence-electron chi connectivity index (χ2n) is 5.37. The molecule has 92 valence electrons. The number of nitrogens with zero attached hydrogens (tertiary/aromatic N) is 1. The number of hydrogen-bond acceptors (Lipinski definition) is 1. The Hall–Kier alpha value is -0.100. The van der Waals surface area contributed by atoms with Crippen molar-refractivity contribution in [3.63, 3.8) is 0 Å². The van der Waals surface area contributed by atoms with E-state index in [1.165, 1.54) is 51.4 Å². The van der Waals surface area contributed by atoms with Crippen LogP contribution in [0.1, 0.15) is 64.2 Å². The zero-order chi connectivity index (χ0) is 11.4. The molecule has 2 aliphatic carbocycles. The van der Waals surface area contributed by atoms with Crippen LogP contribution in [0, 0.1) is 5.92 Å². The molecule has 0 heterocycles. The summed E-state index contributed by atoms with van der Waals surface area (Å²) >= 11 is 0. The fourth-order valence-corrected chi connectivity index (χ4v) is 3.61. The number of carbonyl (C=O) groups excluding carboxylic acids is 1. The van der Waals surface area contributed by atoms with Crippen LogP contribution in [0.5, 0.6) is 0 Å². The Balaban J connectivity index is 1.86. The SMILES string of the molecule is O=C(C1CCCCC1)N(P)C1CCCCC1. The lowest BCUT2D eigenvalue weighted by molar-refractivity contribution is -0.133. The lowest BCUT2D eigenvalue weighted by atomic mass is 9.87. The minimum atomic E-state index is 0.327. The first-order valence-electron chi connectivity index (χ1n) is 6.87. The molecule has 2 nitrogen and oxygen atoms in total. The van der Waals surface area contributed by atoms with Gasteiger partial charge in [-0.1, -0.05) is 38.5 Å². The lowest BCUT2D eigenvalue weighted by Gasteiger charge is -2.34. The third-order valence-corrected chi connectivity index (χ3v) is 4.85. The fraction of sp³-hybridized carbons (Fsp3) is 0.923. The Bertz CT molecular complexity index is 232. The number of amides is 1. The van der Waals surface area contributed by atoms with Crippen LogP contribution in [0.4, 0.5) is 0 Å². The Kier molecular flexibility index (Phi) is 4.64. The molecule has 0 aromatic rings. The molecule has 2 fully saturated rings. The molecule has 0 aromatic heterocycles. The molecule has 3 heteroatoms. The predicted octanol–water partition coefficient (Wildman–Crippen LogP) is 3.52. The minimum absolute atomic E-state index is 0.327. The molecule has 1 amide bonds. The summed E-state index contributed by atoms with van der Waals surface area (Å²) in [6.45, 7) is 0. The van der Waals surface area contributed by atoms with E-state index in [-0.39, 0.29) is 0 Å². The van der Waals surface area contributed by atoms with Crippen LogP contribution in [0.25, 0.3) is 0 Å². The summed E-state index contributed by atoms with van der Waals surface area (Å²) in [6.07, 6.45) is 12.4. The molecule has 0 saturated heterocycles. The maximum atomic E-state index is 12.3. The Morgan fingerprint density at radius 1 is 0.875 bits per heavy atom. The van der Waals surface area contributed by atoms with Crippen LogP contribution in [-0.2, 0) is 4.79 Å². The standard InChI is InChI=1S/C13H24NOP/c15-13(11-7-3-1-4-8-11)14(16)12-9-5-2-6-10-12/h11-12H,1-10,16H2. The maximum Gasteiger partial charge on any atom is 0.228 e. The van der Waals surface area contributed by atoms with Crippen molar-refractivity contribution in [2.24, 2.45) is 5.92 Å². The molecule has 0 aliphatic heterocycles. The third-order valence-electron chi connectivity index (χ3n) is 4.18. The molecule has 0 bridgehead atoms. The van der Waals surface area contributed by atoms with E-state index in [0.717, 1.165) is 12.8 Å². The van der Waals surface area contributed by atoms with Crippen molar-refractivity contribution in [3.05, 3.63) is 0 Å². The van der Waals surface area contributed by atoms with Gasteiger partial charge in [0.25, 0.3) is 0 Å². The van der Waals surface area contributed by atoms with Gasteiger partial charge in [0.15, 0.2) is 0 Å².